The van der Waals surface area contributed by atoms with E-state index in [1.807, 2.05) is 19.1 Å². The summed E-state index contributed by atoms with van der Waals surface area (Å²) in [5.74, 6) is 0.349. The number of carbonyl (C=O) groups is 1. The summed E-state index contributed by atoms with van der Waals surface area (Å²) in [7, 11) is 17.1. The van der Waals surface area contributed by atoms with Gasteiger partial charge in [0.2, 0.25) is 0 Å². The second-order valence-electron chi connectivity index (χ2n) is 8.16. The minimum absolute atomic E-state index is 0.332. The number of pyridine rings is 2. The summed E-state index contributed by atoms with van der Waals surface area (Å²) in [4.78, 5) is 24.5. The molecule has 1 fully saturated rings. The average molecular weight is 477 g/mol. The van der Waals surface area contributed by atoms with Crippen LogP contribution in [0.1, 0.15) is 17.8 Å². The first kappa shape index (κ1) is 24.5. The lowest BCUT2D eigenvalue weighted by Crippen LogP contribution is -2.59. The average Bonchev–Trinajstić information content (AvgIpc) is 3.22. The van der Waals surface area contributed by atoms with Gasteiger partial charge in [0, 0.05) is 36.8 Å². The third-order valence-electron chi connectivity index (χ3n) is 5.58. The molecule has 3 aromatic heterocycles. The van der Waals surface area contributed by atoms with Crippen LogP contribution in [0.15, 0.2) is 24.4 Å². The summed E-state index contributed by atoms with van der Waals surface area (Å²) in [6.07, 6.45) is -0.180. The van der Waals surface area contributed by atoms with Gasteiger partial charge in [0.05, 0.1) is 35.6 Å². The lowest BCUT2D eigenvalue weighted by molar-refractivity contribution is 0.0443. The molecule has 2 amide bonds. The Morgan fingerprint density at radius 2 is 2.03 bits per heavy atom. The van der Waals surface area contributed by atoms with Crippen molar-refractivity contribution in [2.75, 3.05) is 25.0 Å². The van der Waals surface area contributed by atoms with Crippen LogP contribution in [0.3, 0.4) is 0 Å². The van der Waals surface area contributed by atoms with Crippen LogP contribution in [0.2, 0.25) is 0 Å². The zero-order valence-corrected chi connectivity index (χ0v) is 19.3. The number of urea groups is 1. The number of hydrogen-bond acceptors (Lipinski definition) is 7. The van der Waals surface area contributed by atoms with Crippen LogP contribution in [0.25, 0.3) is 21.6 Å². The lowest BCUT2D eigenvalue weighted by Gasteiger charge is -2.46. The molecular formula is C20H20B3F2N7OS. The molecule has 1 saturated heterocycles. The Balaban J connectivity index is 1.41. The number of rotatable bonds is 6. The van der Waals surface area contributed by atoms with Crippen molar-refractivity contribution < 1.29 is 13.6 Å². The summed E-state index contributed by atoms with van der Waals surface area (Å²) in [6, 6.07) is 4.72. The molecule has 1 aliphatic heterocycles. The molecule has 0 saturated carbocycles. The number of hydrogen-bond donors (Lipinski definition) is 1. The number of alkyl halides is 2. The molecule has 34 heavy (non-hydrogen) atoms. The third kappa shape index (κ3) is 5.72. The van der Waals surface area contributed by atoms with Crippen molar-refractivity contribution in [1.29, 1.82) is 0 Å². The Bertz CT molecular complexity index is 1170. The van der Waals surface area contributed by atoms with Gasteiger partial charge in [-0.25, -0.2) is 23.5 Å². The van der Waals surface area contributed by atoms with Gasteiger partial charge in [0.25, 0.3) is 6.43 Å². The molecule has 170 valence electrons. The number of piperidine rings is 1. The van der Waals surface area contributed by atoms with E-state index in [4.69, 9.17) is 23.5 Å². The van der Waals surface area contributed by atoms with Gasteiger partial charge in [-0.15, -0.1) is 10.2 Å². The molecule has 3 aromatic rings. The van der Waals surface area contributed by atoms with E-state index in [2.05, 4.69) is 25.5 Å². The molecule has 0 unspecified atom stereocenters. The maximum absolute atomic E-state index is 13.0. The highest BCUT2D eigenvalue weighted by Gasteiger charge is 2.33. The maximum Gasteiger partial charge on any atom is 0.323 e. The van der Waals surface area contributed by atoms with Crippen LogP contribution < -0.4 is 5.32 Å². The molecule has 0 bridgehead atoms. The molecule has 1 N–H and O–H groups in total. The van der Waals surface area contributed by atoms with E-state index in [1.165, 1.54) is 16.2 Å². The van der Waals surface area contributed by atoms with Crippen LogP contribution in [-0.2, 0) is 0 Å². The number of aromatic nitrogens is 4. The predicted molar refractivity (Wildman–Crippen MR) is 129 cm³/mol. The second-order valence-corrected chi connectivity index (χ2v) is 9.35. The Labute approximate surface area is 203 Å². The van der Waals surface area contributed by atoms with E-state index in [0.717, 1.165) is 10.4 Å². The molecule has 0 atom stereocenters. The van der Waals surface area contributed by atoms with E-state index in [1.54, 1.807) is 17.2 Å². The largest absolute Gasteiger partial charge is 0.324 e. The minimum Gasteiger partial charge on any atom is -0.324 e. The van der Waals surface area contributed by atoms with Crippen molar-refractivity contribution in [1.82, 2.24) is 30.0 Å². The van der Waals surface area contributed by atoms with Crippen molar-refractivity contribution in [3.05, 3.63) is 29.4 Å². The smallest absolute Gasteiger partial charge is 0.323 e. The molecule has 4 rings (SSSR count). The number of aryl methyl sites for hydroxylation is 1. The SMILES string of the molecule is [B]C([B])([B])N(CC(F)F)C1CCN(C(=O)Nc2cc3nc(-c4nnc(C)s4)ccc3cn2)CC1. The molecule has 6 radical (unpaired) electrons. The monoisotopic (exact) mass is 477 g/mol. The number of fused-ring (bicyclic) bond motifs is 1. The summed E-state index contributed by atoms with van der Waals surface area (Å²) in [6.45, 7) is 1.90. The van der Waals surface area contributed by atoms with Gasteiger partial charge < -0.3 is 9.80 Å². The Morgan fingerprint density at radius 3 is 2.65 bits per heavy atom. The first-order valence-electron chi connectivity index (χ1n) is 10.6. The molecule has 0 aromatic carbocycles. The van der Waals surface area contributed by atoms with Crippen molar-refractivity contribution in [3.8, 4) is 10.7 Å². The van der Waals surface area contributed by atoms with Crippen molar-refractivity contribution in [2.45, 2.75) is 37.5 Å². The molecule has 1 aliphatic rings. The van der Waals surface area contributed by atoms with E-state index in [0.29, 0.717) is 48.0 Å². The number of nitrogens with zero attached hydrogens (tertiary/aromatic N) is 6. The van der Waals surface area contributed by atoms with Crippen LogP contribution in [-0.4, -0.2) is 96.9 Å². The first-order chi connectivity index (χ1) is 16.1. The van der Waals surface area contributed by atoms with E-state index >= 15 is 0 Å². The van der Waals surface area contributed by atoms with Crippen LogP contribution >= 0.6 is 11.3 Å². The highest BCUT2D eigenvalue weighted by atomic mass is 32.1. The lowest BCUT2D eigenvalue weighted by atomic mass is 9.48. The van der Waals surface area contributed by atoms with Gasteiger partial charge in [-0.05, 0) is 31.9 Å². The molecule has 0 aliphatic carbocycles. The standard InChI is InChI=1S/C20H20B3F2N7OS/c1-11-29-30-18(34-11)14-3-2-12-9-26-17(8-15(12)27-14)28-19(33)31-6-4-13(5-7-31)32(10-16(24)25)20(21,22)23/h2-3,8-9,13,16H,4-7,10H2,1H3,(H,26,28,33). The van der Waals surface area contributed by atoms with Gasteiger partial charge in [-0.1, -0.05) is 16.6 Å². The highest BCUT2D eigenvalue weighted by molar-refractivity contribution is 7.14. The zero-order chi connectivity index (χ0) is 24.5. The van der Waals surface area contributed by atoms with Gasteiger partial charge in [-0.2, -0.15) is 0 Å². The first-order valence-corrected chi connectivity index (χ1v) is 11.5. The fraction of sp³-hybridized carbons (Fsp3) is 0.450. The Hall–Kier alpha value is -2.60. The fourth-order valence-corrected chi connectivity index (χ4v) is 4.61. The number of anilines is 1. The number of carbonyl (C=O) groups excluding carboxylic acids is 1. The minimum atomic E-state index is -2.62. The van der Waals surface area contributed by atoms with E-state index in [9.17, 15) is 13.6 Å². The highest BCUT2D eigenvalue weighted by Crippen LogP contribution is 2.25. The van der Waals surface area contributed by atoms with Gasteiger partial charge in [0.1, 0.15) is 16.5 Å². The molecule has 0 spiro atoms. The number of nitrogens with one attached hydrogen (secondary N) is 1. The quantitative estimate of drug-likeness (QED) is 0.548. The Kier molecular flexibility index (Phi) is 7.18. The summed E-state index contributed by atoms with van der Waals surface area (Å²) in [5.41, 5.74) is 1.34. The van der Waals surface area contributed by atoms with Crippen LogP contribution in [0.5, 0.6) is 0 Å². The molecule has 8 nitrogen and oxygen atoms in total. The predicted octanol–water partition coefficient (Wildman–Crippen LogP) is 2.14. The topological polar surface area (TPSA) is 87.1 Å². The maximum atomic E-state index is 13.0. The molecular weight excluding hydrogens is 457 g/mol. The molecule has 14 heteroatoms. The number of likely N-dealkylation sites (tertiary alicyclic amines) is 1. The number of amides is 2. The van der Waals surface area contributed by atoms with Crippen molar-refractivity contribution in [3.63, 3.8) is 0 Å². The zero-order valence-electron chi connectivity index (χ0n) is 18.5. The van der Waals surface area contributed by atoms with E-state index < -0.39 is 18.2 Å². The Morgan fingerprint density at radius 1 is 1.29 bits per heavy atom. The normalized spacial score (nSPS) is 15.4. The van der Waals surface area contributed by atoms with Gasteiger partial charge in [-0.3, -0.25) is 5.32 Å². The van der Waals surface area contributed by atoms with Crippen molar-refractivity contribution in [2.24, 2.45) is 0 Å². The second kappa shape index (κ2) is 9.95. The van der Waals surface area contributed by atoms with E-state index in [-0.39, 0.29) is 12.1 Å². The fourth-order valence-electron chi connectivity index (χ4n) is 3.95. The molecule has 4 heterocycles. The summed E-state index contributed by atoms with van der Waals surface area (Å²) in [5, 5.41) is 11.4. The third-order valence-corrected chi connectivity index (χ3v) is 6.44. The van der Waals surface area contributed by atoms with Gasteiger partial charge >= 0.3 is 6.03 Å². The summed E-state index contributed by atoms with van der Waals surface area (Å²) < 4.78 is 25.9. The van der Waals surface area contributed by atoms with Crippen LogP contribution in [0, 0.1) is 6.92 Å². The number of halogens is 2. The van der Waals surface area contributed by atoms with Gasteiger partial charge in [0.15, 0.2) is 5.01 Å². The van der Waals surface area contributed by atoms with Crippen molar-refractivity contribution >= 4 is 57.6 Å². The van der Waals surface area contributed by atoms with Crippen LogP contribution in [0.4, 0.5) is 19.4 Å². The summed E-state index contributed by atoms with van der Waals surface area (Å²) >= 11 is 1.44.